The van der Waals surface area contributed by atoms with Gasteiger partial charge in [0.25, 0.3) is 0 Å². The van der Waals surface area contributed by atoms with E-state index in [1.807, 2.05) is 54.6 Å². The predicted molar refractivity (Wildman–Crippen MR) is 82.7 cm³/mol. The third-order valence-electron chi connectivity index (χ3n) is 3.18. The van der Waals surface area contributed by atoms with E-state index in [0.717, 1.165) is 21.4 Å². The van der Waals surface area contributed by atoms with Gasteiger partial charge in [-0.15, -0.1) is 0 Å². The Morgan fingerprint density at radius 1 is 1.00 bits per heavy atom. The molecule has 2 N–H and O–H groups in total. The van der Waals surface area contributed by atoms with Crippen molar-refractivity contribution in [3.8, 4) is 0 Å². The Bertz CT molecular complexity index is 772. The highest BCUT2D eigenvalue weighted by Crippen LogP contribution is 2.24. The Labute approximate surface area is 119 Å². The number of pyridine rings is 1. The molecule has 0 fully saturated rings. The molecule has 0 aliphatic carbocycles. The fourth-order valence-electron chi connectivity index (χ4n) is 2.17. The third-order valence-corrected chi connectivity index (χ3v) is 4.55. The molecule has 20 heavy (non-hydrogen) atoms. The van der Waals surface area contributed by atoms with Gasteiger partial charge >= 0.3 is 0 Å². The Balaban J connectivity index is 2.00. The fraction of sp³-hybridized carbons (Fsp3) is 0.0625. The molecule has 0 amide bonds. The van der Waals surface area contributed by atoms with Gasteiger partial charge in [0.15, 0.2) is 0 Å². The lowest BCUT2D eigenvalue weighted by Crippen LogP contribution is -1.99. The summed E-state index contributed by atoms with van der Waals surface area (Å²) in [5, 5.41) is 0.912. The Morgan fingerprint density at radius 2 is 1.80 bits per heavy atom. The van der Waals surface area contributed by atoms with Crippen LogP contribution in [-0.2, 0) is 16.6 Å². The van der Waals surface area contributed by atoms with Crippen molar-refractivity contribution in [2.24, 2.45) is 0 Å². The van der Waals surface area contributed by atoms with Gasteiger partial charge in [0, 0.05) is 22.2 Å². The van der Waals surface area contributed by atoms with Gasteiger partial charge in [-0.05, 0) is 35.9 Å². The zero-order chi connectivity index (χ0) is 13.9. The summed E-state index contributed by atoms with van der Waals surface area (Å²) >= 11 is 0. The average Bonchev–Trinajstić information content (AvgIpc) is 2.51. The minimum absolute atomic E-state index is 0.442. The summed E-state index contributed by atoms with van der Waals surface area (Å²) in [7, 11) is -1.08. The van der Waals surface area contributed by atoms with Crippen LogP contribution in [0.1, 0.15) is 5.56 Å². The van der Waals surface area contributed by atoms with Crippen molar-refractivity contribution in [1.82, 2.24) is 4.98 Å². The lowest BCUT2D eigenvalue weighted by molar-refractivity contribution is 0.682. The predicted octanol–water partition coefficient (Wildman–Crippen LogP) is 3.12. The van der Waals surface area contributed by atoms with Gasteiger partial charge in [-0.2, -0.15) is 0 Å². The van der Waals surface area contributed by atoms with Crippen molar-refractivity contribution in [1.29, 1.82) is 0 Å². The molecule has 0 saturated carbocycles. The number of fused-ring (bicyclic) bond motifs is 1. The number of nitrogen functional groups attached to an aromatic ring is 1. The maximum absolute atomic E-state index is 12.4. The van der Waals surface area contributed by atoms with Crippen LogP contribution in [0.4, 0.5) is 5.69 Å². The summed E-state index contributed by atoms with van der Waals surface area (Å²) in [4.78, 5) is 5.20. The number of nitrogens with zero attached hydrogens (tertiary/aromatic N) is 1. The summed E-state index contributed by atoms with van der Waals surface area (Å²) in [6, 6.07) is 17.0. The van der Waals surface area contributed by atoms with Crippen LogP contribution in [0.2, 0.25) is 0 Å². The van der Waals surface area contributed by atoms with Gasteiger partial charge < -0.3 is 5.73 Å². The molecule has 100 valence electrons. The molecule has 3 rings (SSSR count). The number of aromatic nitrogens is 1. The van der Waals surface area contributed by atoms with Gasteiger partial charge in [-0.3, -0.25) is 9.19 Å². The highest BCUT2D eigenvalue weighted by atomic mass is 32.2. The van der Waals surface area contributed by atoms with Gasteiger partial charge in [-0.25, -0.2) is 0 Å². The van der Waals surface area contributed by atoms with E-state index in [9.17, 15) is 4.21 Å². The summed E-state index contributed by atoms with van der Waals surface area (Å²) in [6.45, 7) is 0. The van der Waals surface area contributed by atoms with Crippen molar-refractivity contribution >= 4 is 27.4 Å². The third kappa shape index (κ3) is 2.42. The number of hydrogen-bond acceptors (Lipinski definition) is 3. The van der Waals surface area contributed by atoms with E-state index in [0.29, 0.717) is 11.4 Å². The van der Waals surface area contributed by atoms with E-state index in [1.54, 1.807) is 6.20 Å². The van der Waals surface area contributed by atoms with Crippen LogP contribution in [0.5, 0.6) is 0 Å². The monoisotopic (exact) mass is 282 g/mol. The molecule has 3 aromatic rings. The zero-order valence-electron chi connectivity index (χ0n) is 10.8. The topological polar surface area (TPSA) is 56.0 Å². The number of anilines is 1. The lowest BCUT2D eigenvalue weighted by atomic mass is 10.1. The second-order valence-electron chi connectivity index (χ2n) is 4.52. The summed E-state index contributed by atoms with van der Waals surface area (Å²) < 4.78 is 12.4. The highest BCUT2D eigenvalue weighted by molar-refractivity contribution is 7.84. The quantitative estimate of drug-likeness (QED) is 0.751. The first-order chi connectivity index (χ1) is 9.75. The van der Waals surface area contributed by atoms with Crippen LogP contribution in [0.25, 0.3) is 10.9 Å². The first-order valence-corrected chi connectivity index (χ1v) is 7.63. The minimum Gasteiger partial charge on any atom is -0.398 e. The van der Waals surface area contributed by atoms with Crippen LogP contribution >= 0.6 is 0 Å². The molecule has 1 unspecified atom stereocenters. The highest BCUT2D eigenvalue weighted by Gasteiger charge is 2.10. The van der Waals surface area contributed by atoms with E-state index in [2.05, 4.69) is 4.98 Å². The molecule has 0 saturated heterocycles. The van der Waals surface area contributed by atoms with Crippen LogP contribution in [0.3, 0.4) is 0 Å². The van der Waals surface area contributed by atoms with E-state index < -0.39 is 10.8 Å². The number of rotatable bonds is 3. The second kappa shape index (κ2) is 5.43. The first-order valence-electron chi connectivity index (χ1n) is 6.31. The van der Waals surface area contributed by atoms with Crippen molar-refractivity contribution in [3.63, 3.8) is 0 Å². The van der Waals surface area contributed by atoms with Crippen molar-refractivity contribution in [2.45, 2.75) is 10.6 Å². The van der Waals surface area contributed by atoms with Crippen LogP contribution in [0.15, 0.2) is 65.7 Å². The Kier molecular flexibility index (Phi) is 3.48. The maximum Gasteiger partial charge on any atom is 0.0764 e. The molecule has 3 nitrogen and oxygen atoms in total. The van der Waals surface area contributed by atoms with Gasteiger partial charge in [-0.1, -0.05) is 24.3 Å². The molecule has 0 radical (unpaired) electrons. The fourth-order valence-corrected chi connectivity index (χ4v) is 3.31. The molecule has 4 heteroatoms. The Morgan fingerprint density at radius 3 is 2.60 bits per heavy atom. The molecule has 1 aromatic heterocycles. The molecular formula is C16H14N2OS. The lowest BCUT2D eigenvalue weighted by Gasteiger charge is -2.08. The standard InChI is InChI=1S/C16H14N2OS/c17-15-9-8-12(16-14(15)7-4-10-18-16)11-20(19)13-5-2-1-3-6-13/h1-10H,11,17H2. The molecule has 2 aromatic carbocycles. The van der Waals surface area contributed by atoms with Crippen molar-refractivity contribution < 1.29 is 4.21 Å². The van der Waals surface area contributed by atoms with E-state index in [-0.39, 0.29) is 0 Å². The molecule has 0 bridgehead atoms. The van der Waals surface area contributed by atoms with E-state index in [4.69, 9.17) is 5.73 Å². The molecule has 1 atom stereocenters. The van der Waals surface area contributed by atoms with E-state index in [1.165, 1.54) is 0 Å². The van der Waals surface area contributed by atoms with Crippen LogP contribution in [0, 0.1) is 0 Å². The summed E-state index contributed by atoms with van der Waals surface area (Å²) in [6.07, 6.45) is 1.73. The maximum atomic E-state index is 12.4. The first kappa shape index (κ1) is 12.8. The van der Waals surface area contributed by atoms with Gasteiger partial charge in [0.05, 0.1) is 22.1 Å². The molecule has 0 aliphatic heterocycles. The Hall–Kier alpha value is -2.20. The average molecular weight is 282 g/mol. The molecule has 0 aliphatic rings. The van der Waals surface area contributed by atoms with Gasteiger partial charge in [0.1, 0.15) is 0 Å². The van der Waals surface area contributed by atoms with Gasteiger partial charge in [0.2, 0.25) is 0 Å². The number of hydrogen-bond donors (Lipinski definition) is 1. The summed E-state index contributed by atoms with van der Waals surface area (Å²) in [5.74, 6) is 0.442. The molecule has 0 spiro atoms. The second-order valence-corrected chi connectivity index (χ2v) is 5.97. The smallest absolute Gasteiger partial charge is 0.0764 e. The van der Waals surface area contributed by atoms with Crippen molar-refractivity contribution in [2.75, 3.05) is 5.73 Å². The van der Waals surface area contributed by atoms with E-state index >= 15 is 0 Å². The van der Waals surface area contributed by atoms with Crippen LogP contribution in [-0.4, -0.2) is 9.19 Å². The zero-order valence-corrected chi connectivity index (χ0v) is 11.6. The van der Waals surface area contributed by atoms with Crippen LogP contribution < -0.4 is 5.73 Å². The summed E-state index contributed by atoms with van der Waals surface area (Å²) in [5.41, 5.74) is 8.43. The minimum atomic E-state index is -1.08. The SMILES string of the molecule is Nc1ccc(CS(=O)c2ccccc2)c2ncccc12. The van der Waals surface area contributed by atoms with Crippen molar-refractivity contribution in [3.05, 3.63) is 66.4 Å². The molecule has 1 heterocycles. The number of nitrogens with two attached hydrogens (primary N) is 1. The molecular weight excluding hydrogens is 268 g/mol. The normalized spacial score (nSPS) is 12.4. The number of benzene rings is 2. The largest absolute Gasteiger partial charge is 0.398 e.